The third kappa shape index (κ3) is 3.67. The van der Waals surface area contributed by atoms with Crippen LogP contribution in [0.5, 0.6) is 0 Å². The molecule has 1 atom stereocenters. The van der Waals surface area contributed by atoms with E-state index in [1.54, 1.807) is 11.3 Å². The number of aromatic nitrogens is 4. The summed E-state index contributed by atoms with van der Waals surface area (Å²) in [5.41, 5.74) is 1.10. The Hall–Kier alpha value is -1.60. The molecule has 1 unspecified atom stereocenters. The standard InChI is InChI=1S/C16H24N6S/c1-5-15-20-21-16(23-15)19-14-9-12(17-11(4)18-14)13-7-6-8-22(13)10(2)3/h9-10,13H,5-8H2,1-4H3,(H,17,18,19,21). The summed E-state index contributed by atoms with van der Waals surface area (Å²) in [5, 5.41) is 13.4. The van der Waals surface area contributed by atoms with E-state index in [4.69, 9.17) is 0 Å². The van der Waals surface area contributed by atoms with Crippen LogP contribution in [0.4, 0.5) is 10.9 Å². The van der Waals surface area contributed by atoms with Gasteiger partial charge >= 0.3 is 0 Å². The largest absolute Gasteiger partial charge is 0.315 e. The summed E-state index contributed by atoms with van der Waals surface area (Å²) in [6.45, 7) is 9.67. The van der Waals surface area contributed by atoms with E-state index >= 15 is 0 Å². The Kier molecular flexibility index (Phi) is 4.87. The first-order valence-electron chi connectivity index (χ1n) is 8.27. The Balaban J connectivity index is 1.84. The van der Waals surface area contributed by atoms with E-state index in [-0.39, 0.29) is 0 Å². The molecular weight excluding hydrogens is 308 g/mol. The Morgan fingerprint density at radius 3 is 2.87 bits per heavy atom. The summed E-state index contributed by atoms with van der Waals surface area (Å²) in [6.07, 6.45) is 3.29. The van der Waals surface area contributed by atoms with Crippen molar-refractivity contribution >= 4 is 22.3 Å². The molecule has 0 aromatic carbocycles. The molecule has 124 valence electrons. The molecule has 0 saturated carbocycles. The van der Waals surface area contributed by atoms with Crippen molar-refractivity contribution in [3.63, 3.8) is 0 Å². The van der Waals surface area contributed by atoms with Gasteiger partial charge in [0, 0.05) is 12.1 Å². The number of rotatable bonds is 5. The molecule has 6 nitrogen and oxygen atoms in total. The predicted molar refractivity (Wildman–Crippen MR) is 93.2 cm³/mol. The van der Waals surface area contributed by atoms with Gasteiger partial charge in [0.2, 0.25) is 5.13 Å². The minimum Gasteiger partial charge on any atom is -0.315 e. The summed E-state index contributed by atoms with van der Waals surface area (Å²) < 4.78 is 0. The van der Waals surface area contributed by atoms with Crippen LogP contribution in [0.1, 0.15) is 56.2 Å². The van der Waals surface area contributed by atoms with Gasteiger partial charge in [0.05, 0.1) is 11.7 Å². The number of hydrogen-bond donors (Lipinski definition) is 1. The topological polar surface area (TPSA) is 66.8 Å². The second kappa shape index (κ2) is 6.88. The van der Waals surface area contributed by atoms with Crippen molar-refractivity contribution in [1.29, 1.82) is 0 Å². The highest BCUT2D eigenvalue weighted by Gasteiger charge is 2.29. The van der Waals surface area contributed by atoms with Crippen molar-refractivity contribution in [2.75, 3.05) is 11.9 Å². The second-order valence-electron chi connectivity index (χ2n) is 6.19. The first-order chi connectivity index (χ1) is 11.1. The first kappa shape index (κ1) is 16.3. The quantitative estimate of drug-likeness (QED) is 0.904. The summed E-state index contributed by atoms with van der Waals surface area (Å²) in [4.78, 5) is 11.7. The van der Waals surface area contributed by atoms with Gasteiger partial charge in [-0.15, -0.1) is 10.2 Å². The van der Waals surface area contributed by atoms with Crippen molar-refractivity contribution in [2.45, 2.75) is 59.0 Å². The molecule has 0 radical (unpaired) electrons. The smallest absolute Gasteiger partial charge is 0.211 e. The van der Waals surface area contributed by atoms with Crippen LogP contribution in [0, 0.1) is 6.92 Å². The average Bonchev–Trinajstić information content (AvgIpc) is 3.15. The predicted octanol–water partition coefficient (Wildman–Crippen LogP) is 3.49. The fraction of sp³-hybridized carbons (Fsp3) is 0.625. The highest BCUT2D eigenvalue weighted by atomic mass is 32.1. The Bertz CT molecular complexity index is 668. The van der Waals surface area contributed by atoms with Gasteiger partial charge in [-0.1, -0.05) is 18.3 Å². The maximum absolute atomic E-state index is 4.69. The molecular formula is C16H24N6S. The van der Waals surface area contributed by atoms with E-state index in [0.717, 1.165) is 46.9 Å². The SMILES string of the molecule is CCc1nnc(Nc2cc(C3CCCN3C(C)C)nc(C)n2)s1. The summed E-state index contributed by atoms with van der Waals surface area (Å²) in [5.74, 6) is 1.60. The second-order valence-corrected chi connectivity index (χ2v) is 7.26. The third-order valence-electron chi connectivity index (χ3n) is 4.16. The molecule has 1 aliphatic rings. The van der Waals surface area contributed by atoms with Gasteiger partial charge in [-0.3, -0.25) is 4.90 Å². The fourth-order valence-electron chi connectivity index (χ4n) is 3.11. The average molecular weight is 332 g/mol. The van der Waals surface area contributed by atoms with E-state index < -0.39 is 0 Å². The lowest BCUT2D eigenvalue weighted by molar-refractivity contribution is 0.202. The normalized spacial score (nSPS) is 18.7. The lowest BCUT2D eigenvalue weighted by Crippen LogP contribution is -2.30. The molecule has 3 rings (SSSR count). The van der Waals surface area contributed by atoms with Crippen LogP contribution in [0.15, 0.2) is 6.07 Å². The van der Waals surface area contributed by atoms with Gasteiger partial charge in [0.1, 0.15) is 16.6 Å². The van der Waals surface area contributed by atoms with Crippen LogP contribution in [0.2, 0.25) is 0 Å². The number of anilines is 2. The Morgan fingerprint density at radius 2 is 2.17 bits per heavy atom. The first-order valence-corrected chi connectivity index (χ1v) is 9.09. The zero-order chi connectivity index (χ0) is 16.4. The molecule has 2 aromatic rings. The van der Waals surface area contributed by atoms with Crippen LogP contribution >= 0.6 is 11.3 Å². The minimum atomic E-state index is 0.387. The van der Waals surface area contributed by atoms with Crippen LogP contribution < -0.4 is 5.32 Å². The number of nitrogens with one attached hydrogen (secondary N) is 1. The number of aryl methyl sites for hydroxylation is 2. The van der Waals surface area contributed by atoms with Crippen LogP contribution in [-0.2, 0) is 6.42 Å². The zero-order valence-electron chi connectivity index (χ0n) is 14.2. The summed E-state index contributed by atoms with van der Waals surface area (Å²) in [6, 6.07) is 2.98. The Labute approximate surface area is 141 Å². The molecule has 3 heterocycles. The van der Waals surface area contributed by atoms with Crippen LogP contribution in [0.25, 0.3) is 0 Å². The van der Waals surface area contributed by atoms with Crippen LogP contribution in [-0.4, -0.2) is 37.7 Å². The number of likely N-dealkylation sites (tertiary alicyclic amines) is 1. The molecule has 1 N–H and O–H groups in total. The van der Waals surface area contributed by atoms with E-state index in [0.29, 0.717) is 12.1 Å². The lowest BCUT2D eigenvalue weighted by Gasteiger charge is -2.28. The van der Waals surface area contributed by atoms with Gasteiger partial charge in [-0.05, 0) is 46.6 Å². The molecule has 7 heteroatoms. The maximum Gasteiger partial charge on any atom is 0.211 e. The lowest BCUT2D eigenvalue weighted by atomic mass is 10.1. The van der Waals surface area contributed by atoms with Gasteiger partial charge < -0.3 is 5.32 Å². The fourth-order valence-corrected chi connectivity index (χ4v) is 3.79. The molecule has 0 bridgehead atoms. The molecule has 1 aliphatic heterocycles. The number of nitrogens with zero attached hydrogens (tertiary/aromatic N) is 5. The number of hydrogen-bond acceptors (Lipinski definition) is 7. The van der Waals surface area contributed by atoms with Crippen molar-refractivity contribution in [3.05, 3.63) is 22.6 Å². The summed E-state index contributed by atoms with van der Waals surface area (Å²) >= 11 is 1.57. The van der Waals surface area contributed by atoms with Crippen molar-refractivity contribution in [1.82, 2.24) is 25.1 Å². The Morgan fingerprint density at radius 1 is 1.35 bits per heavy atom. The molecule has 1 saturated heterocycles. The monoisotopic (exact) mass is 332 g/mol. The van der Waals surface area contributed by atoms with E-state index in [2.05, 4.69) is 57.2 Å². The van der Waals surface area contributed by atoms with Crippen molar-refractivity contribution in [3.8, 4) is 0 Å². The van der Waals surface area contributed by atoms with E-state index in [1.165, 1.54) is 6.42 Å². The van der Waals surface area contributed by atoms with Gasteiger partial charge in [0.15, 0.2) is 0 Å². The molecule has 0 aliphatic carbocycles. The molecule has 0 spiro atoms. The molecule has 23 heavy (non-hydrogen) atoms. The maximum atomic E-state index is 4.69. The highest BCUT2D eigenvalue weighted by molar-refractivity contribution is 7.15. The van der Waals surface area contributed by atoms with Crippen molar-refractivity contribution in [2.24, 2.45) is 0 Å². The molecule has 1 fully saturated rings. The van der Waals surface area contributed by atoms with Crippen molar-refractivity contribution < 1.29 is 0 Å². The highest BCUT2D eigenvalue weighted by Crippen LogP contribution is 2.33. The third-order valence-corrected chi connectivity index (χ3v) is 5.14. The molecule has 0 amide bonds. The van der Waals surface area contributed by atoms with Crippen LogP contribution in [0.3, 0.4) is 0 Å². The van der Waals surface area contributed by atoms with Gasteiger partial charge in [0.25, 0.3) is 0 Å². The van der Waals surface area contributed by atoms with Gasteiger partial charge in [-0.2, -0.15) is 0 Å². The molecule has 2 aromatic heterocycles. The van der Waals surface area contributed by atoms with E-state index in [1.807, 2.05) is 6.92 Å². The summed E-state index contributed by atoms with van der Waals surface area (Å²) in [7, 11) is 0. The minimum absolute atomic E-state index is 0.387. The van der Waals surface area contributed by atoms with E-state index in [9.17, 15) is 0 Å². The van der Waals surface area contributed by atoms with Gasteiger partial charge in [-0.25, -0.2) is 9.97 Å². The zero-order valence-corrected chi connectivity index (χ0v) is 15.0.